The highest BCUT2D eigenvalue weighted by molar-refractivity contribution is 6.04. The molecule has 1 N–H and O–H groups in total. The largest absolute Gasteiger partial charge is 0.309 e. The van der Waals surface area contributed by atoms with Crippen LogP contribution < -0.4 is 10.5 Å². The van der Waals surface area contributed by atoms with Crippen LogP contribution in [0.25, 0.3) is 11.0 Å². The van der Waals surface area contributed by atoms with Gasteiger partial charge in [0.2, 0.25) is 5.95 Å². The Morgan fingerprint density at radius 2 is 2.04 bits per heavy atom. The van der Waals surface area contributed by atoms with Crippen molar-refractivity contribution in [3.05, 3.63) is 57.5 Å². The number of para-hydroxylation sites is 1. The lowest BCUT2D eigenvalue weighted by Gasteiger charge is -2.23. The molecule has 0 radical (unpaired) electrons. The number of H-pyrrole nitrogens is 1. The number of Topliss-reactive ketones (excluding diaryl/α,β-unsaturated/α-hetero) is 1. The van der Waals surface area contributed by atoms with Crippen LogP contribution >= 0.6 is 0 Å². The SMILES string of the molecule is CC1Cc2ccccc2N1c1nc2ncc3c(c2c(=O)[nH]1)CCC3=O. The molecule has 3 heterocycles. The maximum atomic E-state index is 12.8. The van der Waals surface area contributed by atoms with Crippen molar-refractivity contribution in [2.45, 2.75) is 32.2 Å². The number of pyridine rings is 1. The molecule has 0 fully saturated rings. The molecule has 124 valence electrons. The first-order valence-electron chi connectivity index (χ1n) is 8.45. The Labute approximate surface area is 143 Å². The van der Waals surface area contributed by atoms with E-state index in [2.05, 4.69) is 32.8 Å². The monoisotopic (exact) mass is 332 g/mol. The van der Waals surface area contributed by atoms with Crippen LogP contribution in [0.4, 0.5) is 11.6 Å². The Bertz CT molecular complexity index is 1100. The predicted octanol–water partition coefficient (Wildman–Crippen LogP) is 2.53. The van der Waals surface area contributed by atoms with Crippen molar-refractivity contribution >= 4 is 28.5 Å². The number of aromatic amines is 1. The second kappa shape index (κ2) is 4.99. The zero-order valence-electron chi connectivity index (χ0n) is 13.7. The Kier molecular flexibility index (Phi) is 2.86. The average Bonchev–Trinajstić information content (AvgIpc) is 3.13. The van der Waals surface area contributed by atoms with E-state index in [0.717, 1.165) is 17.7 Å². The van der Waals surface area contributed by atoms with Crippen LogP contribution in [0.5, 0.6) is 0 Å². The molecule has 1 aliphatic carbocycles. The Morgan fingerprint density at radius 1 is 1.20 bits per heavy atom. The van der Waals surface area contributed by atoms with Crippen LogP contribution in [-0.4, -0.2) is 26.8 Å². The molecule has 25 heavy (non-hydrogen) atoms. The molecular weight excluding hydrogens is 316 g/mol. The lowest BCUT2D eigenvalue weighted by atomic mass is 10.1. The summed E-state index contributed by atoms with van der Waals surface area (Å²) >= 11 is 0. The topological polar surface area (TPSA) is 79.0 Å². The highest BCUT2D eigenvalue weighted by Gasteiger charge is 2.30. The number of aryl methyl sites for hydroxylation is 1. The number of benzene rings is 1. The number of ketones is 1. The van der Waals surface area contributed by atoms with E-state index in [0.29, 0.717) is 35.4 Å². The molecular formula is C19H16N4O2. The molecule has 0 bridgehead atoms. The van der Waals surface area contributed by atoms with Gasteiger partial charge in [0.15, 0.2) is 11.4 Å². The number of fused-ring (bicyclic) bond motifs is 4. The number of carbonyl (C=O) groups is 1. The number of hydrogen-bond donors (Lipinski definition) is 1. The number of nitrogens with zero attached hydrogens (tertiary/aromatic N) is 3. The Morgan fingerprint density at radius 3 is 2.92 bits per heavy atom. The van der Waals surface area contributed by atoms with Gasteiger partial charge in [-0.05, 0) is 37.0 Å². The molecule has 1 aliphatic heterocycles. The van der Waals surface area contributed by atoms with Crippen molar-refractivity contribution in [2.75, 3.05) is 4.90 Å². The Balaban J connectivity index is 1.72. The third-order valence-electron chi connectivity index (χ3n) is 5.17. The van der Waals surface area contributed by atoms with Gasteiger partial charge in [-0.15, -0.1) is 0 Å². The third kappa shape index (κ3) is 1.97. The van der Waals surface area contributed by atoms with E-state index in [9.17, 15) is 9.59 Å². The van der Waals surface area contributed by atoms with Gasteiger partial charge in [-0.25, -0.2) is 4.98 Å². The molecule has 1 aromatic carbocycles. The standard InChI is InChI=1S/C19H16N4O2/c1-10-8-11-4-2-3-5-14(11)23(10)19-21-17-16(18(25)22-19)12-6-7-15(24)13(12)9-20-17/h2-5,9-10H,6-8H2,1H3,(H,20,21,22,25). The molecule has 0 saturated carbocycles. The molecule has 2 aliphatic rings. The Hall–Kier alpha value is -3.02. The van der Waals surface area contributed by atoms with E-state index in [4.69, 9.17) is 0 Å². The van der Waals surface area contributed by atoms with Crippen molar-refractivity contribution < 1.29 is 4.79 Å². The van der Waals surface area contributed by atoms with Crippen LogP contribution in [0, 0.1) is 0 Å². The van der Waals surface area contributed by atoms with Crippen LogP contribution in [0.15, 0.2) is 35.3 Å². The summed E-state index contributed by atoms with van der Waals surface area (Å²) in [5.74, 6) is 0.557. The molecule has 1 unspecified atom stereocenters. The summed E-state index contributed by atoms with van der Waals surface area (Å²) in [6, 6.07) is 8.35. The number of carbonyl (C=O) groups excluding carboxylic acids is 1. The quantitative estimate of drug-likeness (QED) is 0.741. The molecule has 6 nitrogen and oxygen atoms in total. The van der Waals surface area contributed by atoms with Gasteiger partial charge in [0, 0.05) is 29.9 Å². The average molecular weight is 332 g/mol. The van der Waals surface area contributed by atoms with Crippen LogP contribution in [0.2, 0.25) is 0 Å². The molecule has 0 spiro atoms. The summed E-state index contributed by atoms with van der Waals surface area (Å²) in [7, 11) is 0. The minimum absolute atomic E-state index is 0.0509. The first-order chi connectivity index (χ1) is 12.1. The number of aromatic nitrogens is 3. The van der Waals surface area contributed by atoms with E-state index >= 15 is 0 Å². The van der Waals surface area contributed by atoms with Gasteiger partial charge >= 0.3 is 0 Å². The normalized spacial score (nSPS) is 18.7. The zero-order valence-corrected chi connectivity index (χ0v) is 13.7. The maximum absolute atomic E-state index is 12.8. The molecule has 1 atom stereocenters. The van der Waals surface area contributed by atoms with E-state index in [1.807, 2.05) is 18.2 Å². The van der Waals surface area contributed by atoms with E-state index in [1.165, 1.54) is 5.56 Å². The maximum Gasteiger partial charge on any atom is 0.262 e. The van der Waals surface area contributed by atoms with Gasteiger partial charge in [0.05, 0.1) is 5.39 Å². The number of anilines is 2. The molecule has 0 saturated heterocycles. The van der Waals surface area contributed by atoms with Crippen molar-refractivity contribution in [3.63, 3.8) is 0 Å². The minimum atomic E-state index is -0.226. The van der Waals surface area contributed by atoms with Gasteiger partial charge in [0.1, 0.15) is 0 Å². The van der Waals surface area contributed by atoms with Crippen molar-refractivity contribution in [1.82, 2.24) is 15.0 Å². The first-order valence-corrected chi connectivity index (χ1v) is 8.45. The van der Waals surface area contributed by atoms with Crippen molar-refractivity contribution in [2.24, 2.45) is 0 Å². The summed E-state index contributed by atoms with van der Waals surface area (Å²) < 4.78 is 0. The minimum Gasteiger partial charge on any atom is -0.309 e. The summed E-state index contributed by atoms with van der Waals surface area (Å²) in [4.78, 5) is 38.5. The molecule has 3 aromatic rings. The van der Waals surface area contributed by atoms with Gasteiger partial charge < -0.3 is 4.90 Å². The highest BCUT2D eigenvalue weighted by Crippen LogP contribution is 2.36. The third-order valence-corrected chi connectivity index (χ3v) is 5.17. The fourth-order valence-corrected chi connectivity index (χ4v) is 4.03. The smallest absolute Gasteiger partial charge is 0.262 e. The second-order valence-corrected chi connectivity index (χ2v) is 6.71. The van der Waals surface area contributed by atoms with Gasteiger partial charge in [-0.1, -0.05) is 18.2 Å². The van der Waals surface area contributed by atoms with Gasteiger partial charge in [-0.3, -0.25) is 14.6 Å². The second-order valence-electron chi connectivity index (χ2n) is 6.71. The van der Waals surface area contributed by atoms with Crippen molar-refractivity contribution in [3.8, 4) is 0 Å². The van der Waals surface area contributed by atoms with Crippen LogP contribution in [-0.2, 0) is 12.8 Å². The molecule has 2 aromatic heterocycles. The van der Waals surface area contributed by atoms with Crippen LogP contribution in [0.1, 0.15) is 34.8 Å². The van der Waals surface area contributed by atoms with Crippen molar-refractivity contribution in [1.29, 1.82) is 0 Å². The van der Waals surface area contributed by atoms with Gasteiger partial charge in [0.25, 0.3) is 5.56 Å². The number of rotatable bonds is 1. The van der Waals surface area contributed by atoms with E-state index in [-0.39, 0.29) is 17.4 Å². The lowest BCUT2D eigenvalue weighted by molar-refractivity contribution is 0.0994. The summed E-state index contributed by atoms with van der Waals surface area (Å²) in [5, 5.41) is 0.451. The zero-order chi connectivity index (χ0) is 17.1. The molecule has 6 heteroatoms. The van der Waals surface area contributed by atoms with Gasteiger partial charge in [-0.2, -0.15) is 4.98 Å². The molecule has 0 amide bonds. The predicted molar refractivity (Wildman–Crippen MR) is 94.6 cm³/mol. The fourth-order valence-electron chi connectivity index (χ4n) is 4.03. The van der Waals surface area contributed by atoms with E-state index in [1.54, 1.807) is 6.20 Å². The fraction of sp³-hybridized carbons (Fsp3) is 0.263. The van der Waals surface area contributed by atoms with E-state index < -0.39 is 0 Å². The summed E-state index contributed by atoms with van der Waals surface area (Å²) in [6.07, 6.45) is 3.49. The summed E-state index contributed by atoms with van der Waals surface area (Å²) in [6.45, 7) is 2.11. The lowest BCUT2D eigenvalue weighted by Crippen LogP contribution is -2.28. The first kappa shape index (κ1) is 14.3. The molecule has 5 rings (SSSR count). The highest BCUT2D eigenvalue weighted by atomic mass is 16.1. The summed E-state index contributed by atoms with van der Waals surface area (Å²) in [5.41, 5.74) is 3.83. The van der Waals surface area contributed by atoms with Crippen LogP contribution in [0.3, 0.4) is 0 Å². The number of nitrogens with one attached hydrogen (secondary N) is 1. The number of hydrogen-bond acceptors (Lipinski definition) is 5.